The normalized spacial score (nSPS) is 12.0. The van der Waals surface area contributed by atoms with E-state index in [1.165, 1.54) is 49.0 Å². The molecule has 0 atom stereocenters. The second-order valence-electron chi connectivity index (χ2n) is 13.9. The summed E-state index contributed by atoms with van der Waals surface area (Å²) in [6, 6.07) is 70.6. The van der Waals surface area contributed by atoms with Gasteiger partial charge in [-0.25, -0.2) is 9.98 Å². The standard InChI is InChI=1S/C53H38N2/c1-36(38-24-28-42(29-25-38)40-14-5-3-6-15-40)54-53(55-37(2)39-26-30-43(31-27-39)41-16-7-4-8-17-41)46-19-13-18-44(34-46)45-32-33-51-49-22-10-9-20-47(49)48-21-11-12-23-50(48)52(51)35-45/h3-35H,1H2,2H3. The molecule has 0 fully saturated rings. The molecule has 0 saturated heterocycles. The molecule has 0 spiro atoms. The van der Waals surface area contributed by atoms with Gasteiger partial charge in [-0.1, -0.05) is 195 Å². The molecule has 0 bridgehead atoms. The first-order valence-electron chi connectivity index (χ1n) is 18.7. The van der Waals surface area contributed by atoms with Crippen LogP contribution in [-0.4, -0.2) is 11.5 Å². The predicted molar refractivity (Wildman–Crippen MR) is 236 cm³/mol. The summed E-state index contributed by atoms with van der Waals surface area (Å²) in [6.45, 7) is 6.48. The topological polar surface area (TPSA) is 24.7 Å². The van der Waals surface area contributed by atoms with Crippen LogP contribution in [0.5, 0.6) is 0 Å². The molecule has 0 radical (unpaired) electrons. The molecule has 2 heteroatoms. The van der Waals surface area contributed by atoms with Gasteiger partial charge in [0, 0.05) is 11.3 Å². The first kappa shape index (κ1) is 33.7. The molecule has 0 aliphatic rings. The monoisotopic (exact) mass is 702 g/mol. The van der Waals surface area contributed by atoms with E-state index in [0.29, 0.717) is 11.5 Å². The lowest BCUT2D eigenvalue weighted by Gasteiger charge is -2.13. The number of hydrogen-bond acceptors (Lipinski definition) is 1. The molecule has 0 saturated carbocycles. The molecule has 0 heterocycles. The summed E-state index contributed by atoms with van der Waals surface area (Å²) in [6.07, 6.45) is 0. The van der Waals surface area contributed by atoms with Crippen molar-refractivity contribution in [2.75, 3.05) is 0 Å². The van der Waals surface area contributed by atoms with Crippen LogP contribution in [0.1, 0.15) is 23.6 Å². The Morgan fingerprint density at radius 3 is 1.31 bits per heavy atom. The highest BCUT2D eigenvalue weighted by molar-refractivity contribution is 6.25. The number of amidine groups is 1. The Hall–Kier alpha value is -7.16. The highest BCUT2D eigenvalue weighted by atomic mass is 14.9. The van der Waals surface area contributed by atoms with E-state index >= 15 is 0 Å². The van der Waals surface area contributed by atoms with E-state index in [2.05, 4.69) is 195 Å². The van der Waals surface area contributed by atoms with Crippen molar-refractivity contribution in [1.29, 1.82) is 0 Å². The van der Waals surface area contributed by atoms with Crippen LogP contribution in [0, 0.1) is 0 Å². The van der Waals surface area contributed by atoms with Crippen LogP contribution in [-0.2, 0) is 0 Å². The van der Waals surface area contributed by atoms with Gasteiger partial charge in [-0.3, -0.25) is 0 Å². The van der Waals surface area contributed by atoms with Crippen LogP contribution >= 0.6 is 0 Å². The molecular formula is C53H38N2. The van der Waals surface area contributed by atoms with E-state index in [0.717, 1.165) is 39.1 Å². The molecular weight excluding hydrogens is 665 g/mol. The molecule has 0 aliphatic heterocycles. The summed E-state index contributed by atoms with van der Waals surface area (Å²) in [5.74, 6) is 0.612. The Morgan fingerprint density at radius 1 is 0.327 bits per heavy atom. The van der Waals surface area contributed by atoms with E-state index < -0.39 is 0 Å². The van der Waals surface area contributed by atoms with Gasteiger partial charge >= 0.3 is 0 Å². The van der Waals surface area contributed by atoms with E-state index in [4.69, 9.17) is 9.98 Å². The van der Waals surface area contributed by atoms with Gasteiger partial charge in [0.15, 0.2) is 5.84 Å². The minimum atomic E-state index is 0.612. The number of rotatable bonds is 7. The largest absolute Gasteiger partial charge is 0.233 e. The van der Waals surface area contributed by atoms with Crippen molar-refractivity contribution in [2.45, 2.75) is 6.92 Å². The third-order valence-corrected chi connectivity index (χ3v) is 10.4. The molecule has 0 amide bonds. The summed E-state index contributed by atoms with van der Waals surface area (Å²) in [7, 11) is 0. The summed E-state index contributed by atoms with van der Waals surface area (Å²) in [4.78, 5) is 10.4. The summed E-state index contributed by atoms with van der Waals surface area (Å²) in [5.41, 5.74) is 11.4. The first-order valence-corrected chi connectivity index (χ1v) is 18.7. The predicted octanol–water partition coefficient (Wildman–Crippen LogP) is 14.1. The van der Waals surface area contributed by atoms with Crippen LogP contribution in [0.4, 0.5) is 0 Å². The van der Waals surface area contributed by atoms with Crippen molar-refractivity contribution in [3.8, 4) is 33.4 Å². The Labute approximate surface area is 322 Å². The zero-order valence-electron chi connectivity index (χ0n) is 30.7. The fourth-order valence-corrected chi connectivity index (χ4v) is 7.52. The van der Waals surface area contributed by atoms with Crippen molar-refractivity contribution in [2.24, 2.45) is 9.98 Å². The van der Waals surface area contributed by atoms with Gasteiger partial charge < -0.3 is 0 Å². The lowest BCUT2D eigenvalue weighted by molar-refractivity contribution is 1.44. The fourth-order valence-electron chi connectivity index (χ4n) is 7.52. The maximum absolute atomic E-state index is 5.22. The lowest BCUT2D eigenvalue weighted by Crippen LogP contribution is -2.04. The number of nitrogens with zero attached hydrogens (tertiary/aromatic N) is 2. The molecule has 260 valence electrons. The van der Waals surface area contributed by atoms with Crippen molar-refractivity contribution < 1.29 is 0 Å². The fraction of sp³-hybridized carbons (Fsp3) is 0.0189. The van der Waals surface area contributed by atoms with E-state index in [-0.39, 0.29) is 0 Å². The second-order valence-corrected chi connectivity index (χ2v) is 13.9. The van der Waals surface area contributed by atoms with Crippen molar-refractivity contribution in [3.63, 3.8) is 0 Å². The Kier molecular flexibility index (Phi) is 8.99. The third kappa shape index (κ3) is 6.78. The Bertz CT molecular complexity index is 2870. The van der Waals surface area contributed by atoms with Gasteiger partial charge in [0.25, 0.3) is 0 Å². The van der Waals surface area contributed by atoms with Gasteiger partial charge in [-0.05, 0) is 95.9 Å². The first-order chi connectivity index (χ1) is 27.1. The van der Waals surface area contributed by atoms with E-state index in [1.54, 1.807) is 0 Å². The van der Waals surface area contributed by atoms with E-state index in [9.17, 15) is 0 Å². The molecule has 0 N–H and O–H groups in total. The molecule has 2 nitrogen and oxygen atoms in total. The lowest BCUT2D eigenvalue weighted by atomic mass is 9.92. The van der Waals surface area contributed by atoms with Gasteiger partial charge in [-0.15, -0.1) is 0 Å². The van der Waals surface area contributed by atoms with Gasteiger partial charge in [0.05, 0.1) is 5.70 Å². The van der Waals surface area contributed by atoms with Crippen molar-refractivity contribution in [3.05, 3.63) is 223 Å². The van der Waals surface area contributed by atoms with Crippen LogP contribution in [0.25, 0.3) is 71.4 Å². The number of aliphatic imine (C=N–C) groups is 2. The minimum absolute atomic E-state index is 0.612. The maximum atomic E-state index is 5.22. The van der Waals surface area contributed by atoms with Crippen molar-refractivity contribution in [1.82, 2.24) is 0 Å². The summed E-state index contributed by atoms with van der Waals surface area (Å²) < 4.78 is 0. The Balaban J connectivity index is 1.12. The van der Waals surface area contributed by atoms with E-state index in [1.807, 2.05) is 19.1 Å². The summed E-state index contributed by atoms with van der Waals surface area (Å²) in [5, 5.41) is 7.56. The van der Waals surface area contributed by atoms with Crippen molar-refractivity contribution >= 4 is 49.6 Å². The van der Waals surface area contributed by atoms with Gasteiger partial charge in [-0.2, -0.15) is 0 Å². The summed E-state index contributed by atoms with van der Waals surface area (Å²) >= 11 is 0. The average Bonchev–Trinajstić information content (AvgIpc) is 3.27. The zero-order chi connectivity index (χ0) is 37.1. The number of fused-ring (bicyclic) bond motifs is 6. The molecule has 9 aromatic carbocycles. The van der Waals surface area contributed by atoms with Gasteiger partial charge in [0.2, 0.25) is 0 Å². The third-order valence-electron chi connectivity index (χ3n) is 10.4. The number of benzene rings is 9. The molecule has 55 heavy (non-hydrogen) atoms. The van der Waals surface area contributed by atoms with Gasteiger partial charge in [0.1, 0.15) is 0 Å². The SMILES string of the molecule is C=C(N=C(N=C(C)c1ccc(-c2ccccc2)cc1)c1cccc(-c2ccc3c4ccccc4c4ccccc4c3c2)c1)c1ccc(-c2ccccc2)cc1. The number of hydrogen-bond donors (Lipinski definition) is 0. The van der Waals surface area contributed by atoms with Crippen LogP contribution in [0.2, 0.25) is 0 Å². The highest BCUT2D eigenvalue weighted by Gasteiger charge is 2.13. The average molecular weight is 703 g/mol. The Morgan fingerprint density at radius 2 is 0.745 bits per heavy atom. The zero-order valence-corrected chi connectivity index (χ0v) is 30.7. The van der Waals surface area contributed by atoms with Crippen LogP contribution in [0.15, 0.2) is 217 Å². The second kappa shape index (κ2) is 14.7. The highest BCUT2D eigenvalue weighted by Crippen LogP contribution is 2.37. The molecule has 0 unspecified atom stereocenters. The molecule has 9 rings (SSSR count). The quantitative estimate of drug-likeness (QED) is 0.0897. The minimum Gasteiger partial charge on any atom is -0.233 e. The smallest absolute Gasteiger partial charge is 0.160 e. The molecule has 0 aliphatic carbocycles. The molecule has 9 aromatic rings. The van der Waals surface area contributed by atoms with Crippen LogP contribution in [0.3, 0.4) is 0 Å². The molecule has 0 aromatic heterocycles. The van der Waals surface area contributed by atoms with Crippen LogP contribution < -0.4 is 0 Å². The maximum Gasteiger partial charge on any atom is 0.160 e.